The van der Waals surface area contributed by atoms with Gasteiger partial charge in [-0.3, -0.25) is 10.1 Å². The Labute approximate surface area is 106 Å². The fourth-order valence-electron chi connectivity index (χ4n) is 2.25. The minimum atomic E-state index is -0.457. The largest absolute Gasteiger partial charge is 0.492 e. The summed E-state index contributed by atoms with van der Waals surface area (Å²) in [6.07, 6.45) is 10.3. The van der Waals surface area contributed by atoms with Gasteiger partial charge in [-0.05, 0) is 24.8 Å². The molecule has 0 bridgehead atoms. The summed E-state index contributed by atoms with van der Waals surface area (Å²) >= 11 is 0. The quantitative estimate of drug-likeness (QED) is 0.465. The monoisotopic (exact) mass is 245 g/mol. The van der Waals surface area contributed by atoms with Crippen LogP contribution in [0.2, 0.25) is 0 Å². The van der Waals surface area contributed by atoms with E-state index in [1.165, 1.54) is 37.8 Å². The van der Waals surface area contributed by atoms with Gasteiger partial charge >= 0.3 is 0 Å². The third-order valence-corrected chi connectivity index (χ3v) is 3.28. The van der Waals surface area contributed by atoms with Gasteiger partial charge in [-0.25, -0.2) is 0 Å². The van der Waals surface area contributed by atoms with Crippen LogP contribution in [0.1, 0.15) is 31.2 Å². The maximum Gasteiger partial charge on any atom is 0.270 e. The SMILES string of the molecule is C#Cc1cc([N+](=O)[O-])ccc1OCC1CCCC1. The van der Waals surface area contributed by atoms with Crippen LogP contribution in [-0.4, -0.2) is 11.5 Å². The first-order valence-corrected chi connectivity index (χ1v) is 6.08. The maximum absolute atomic E-state index is 10.6. The molecule has 0 atom stereocenters. The minimum Gasteiger partial charge on any atom is -0.492 e. The van der Waals surface area contributed by atoms with E-state index in [-0.39, 0.29) is 5.69 Å². The Kier molecular flexibility index (Phi) is 3.83. The van der Waals surface area contributed by atoms with Gasteiger partial charge in [-0.2, -0.15) is 0 Å². The molecule has 0 heterocycles. The number of nitrogens with zero attached hydrogens (tertiary/aromatic N) is 1. The lowest BCUT2D eigenvalue weighted by Gasteiger charge is -2.12. The fourth-order valence-corrected chi connectivity index (χ4v) is 2.25. The summed E-state index contributed by atoms with van der Waals surface area (Å²) in [5, 5.41) is 10.6. The number of hydrogen-bond donors (Lipinski definition) is 0. The van der Waals surface area contributed by atoms with E-state index in [0.29, 0.717) is 23.8 Å². The van der Waals surface area contributed by atoms with Gasteiger partial charge in [0.15, 0.2) is 0 Å². The molecule has 0 amide bonds. The number of rotatable bonds is 4. The molecule has 94 valence electrons. The first-order valence-electron chi connectivity index (χ1n) is 6.08. The summed E-state index contributed by atoms with van der Waals surface area (Å²) in [5.41, 5.74) is 0.443. The lowest BCUT2D eigenvalue weighted by atomic mass is 10.1. The van der Waals surface area contributed by atoms with Crippen molar-refractivity contribution in [3.05, 3.63) is 33.9 Å². The van der Waals surface area contributed by atoms with Gasteiger partial charge < -0.3 is 4.74 Å². The van der Waals surface area contributed by atoms with Crippen LogP contribution in [0.25, 0.3) is 0 Å². The Balaban J connectivity index is 2.07. The zero-order valence-electron chi connectivity index (χ0n) is 10.1. The van der Waals surface area contributed by atoms with Crippen molar-refractivity contribution in [3.63, 3.8) is 0 Å². The number of nitro groups is 1. The second-order valence-electron chi connectivity index (χ2n) is 4.54. The molecule has 1 aromatic carbocycles. The van der Waals surface area contributed by atoms with Gasteiger partial charge in [0, 0.05) is 12.1 Å². The van der Waals surface area contributed by atoms with Crippen molar-refractivity contribution in [3.8, 4) is 18.1 Å². The average molecular weight is 245 g/mol. The molecule has 0 unspecified atom stereocenters. The molecule has 0 saturated heterocycles. The van der Waals surface area contributed by atoms with E-state index in [2.05, 4.69) is 5.92 Å². The van der Waals surface area contributed by atoms with Crippen molar-refractivity contribution >= 4 is 5.69 Å². The van der Waals surface area contributed by atoms with Gasteiger partial charge in [0.25, 0.3) is 5.69 Å². The van der Waals surface area contributed by atoms with Crippen LogP contribution in [-0.2, 0) is 0 Å². The second-order valence-corrected chi connectivity index (χ2v) is 4.54. The second kappa shape index (κ2) is 5.54. The Hall–Kier alpha value is -2.02. The highest BCUT2D eigenvalue weighted by molar-refractivity contribution is 5.51. The smallest absolute Gasteiger partial charge is 0.270 e. The lowest BCUT2D eigenvalue weighted by Crippen LogP contribution is -2.08. The van der Waals surface area contributed by atoms with E-state index in [1.807, 2.05) is 0 Å². The molecule has 1 aromatic rings. The summed E-state index contributed by atoms with van der Waals surface area (Å²) in [6.45, 7) is 0.645. The van der Waals surface area contributed by atoms with Gasteiger partial charge in [0.1, 0.15) is 5.75 Å². The molecular weight excluding hydrogens is 230 g/mol. The van der Waals surface area contributed by atoms with Gasteiger partial charge in [-0.1, -0.05) is 18.8 Å². The van der Waals surface area contributed by atoms with E-state index >= 15 is 0 Å². The van der Waals surface area contributed by atoms with Gasteiger partial charge in [0.2, 0.25) is 0 Å². The molecule has 2 rings (SSSR count). The number of terminal acetylenes is 1. The Morgan fingerprint density at radius 2 is 2.17 bits per heavy atom. The van der Waals surface area contributed by atoms with Crippen molar-refractivity contribution in [1.82, 2.24) is 0 Å². The van der Waals surface area contributed by atoms with Crippen molar-refractivity contribution in [2.24, 2.45) is 5.92 Å². The molecule has 0 N–H and O–H groups in total. The normalized spacial score (nSPS) is 15.3. The summed E-state index contributed by atoms with van der Waals surface area (Å²) in [7, 11) is 0. The number of ether oxygens (including phenoxy) is 1. The van der Waals surface area contributed by atoms with Crippen LogP contribution in [0, 0.1) is 28.4 Å². The molecule has 1 aliphatic carbocycles. The van der Waals surface area contributed by atoms with Crippen molar-refractivity contribution in [2.45, 2.75) is 25.7 Å². The Morgan fingerprint density at radius 3 is 2.78 bits per heavy atom. The molecule has 1 fully saturated rings. The standard InChI is InChI=1S/C14H15NO3/c1-2-12-9-13(15(16)17)7-8-14(12)18-10-11-5-3-4-6-11/h1,7-9,11H,3-6,10H2. The molecule has 1 aliphatic rings. The number of benzene rings is 1. The van der Waals surface area contributed by atoms with Gasteiger partial charge in [0.05, 0.1) is 17.1 Å². The first kappa shape index (κ1) is 12.4. The zero-order chi connectivity index (χ0) is 13.0. The summed E-state index contributed by atoms with van der Waals surface area (Å²) in [4.78, 5) is 10.2. The number of hydrogen-bond acceptors (Lipinski definition) is 3. The molecule has 0 aliphatic heterocycles. The van der Waals surface area contributed by atoms with Crippen LogP contribution >= 0.6 is 0 Å². The maximum atomic E-state index is 10.6. The molecule has 0 spiro atoms. The number of nitro benzene ring substituents is 1. The van der Waals surface area contributed by atoms with Gasteiger partial charge in [-0.15, -0.1) is 6.42 Å². The zero-order valence-corrected chi connectivity index (χ0v) is 10.1. The van der Waals surface area contributed by atoms with Crippen molar-refractivity contribution in [1.29, 1.82) is 0 Å². The van der Waals surface area contributed by atoms with E-state index in [9.17, 15) is 10.1 Å². The molecule has 0 aromatic heterocycles. The van der Waals surface area contributed by atoms with Crippen LogP contribution < -0.4 is 4.74 Å². The highest BCUT2D eigenvalue weighted by Crippen LogP contribution is 2.28. The summed E-state index contributed by atoms with van der Waals surface area (Å²) in [6, 6.07) is 4.39. The van der Waals surface area contributed by atoms with Crippen LogP contribution in [0.15, 0.2) is 18.2 Å². The Bertz CT molecular complexity index is 484. The summed E-state index contributed by atoms with van der Waals surface area (Å²) in [5.74, 6) is 3.59. The van der Waals surface area contributed by atoms with Crippen LogP contribution in [0.4, 0.5) is 5.69 Å². The fraction of sp³-hybridized carbons (Fsp3) is 0.429. The first-order chi connectivity index (χ1) is 8.70. The number of non-ortho nitro benzene ring substituents is 1. The third-order valence-electron chi connectivity index (χ3n) is 3.28. The predicted octanol–water partition coefficient (Wildman–Crippen LogP) is 3.15. The predicted molar refractivity (Wildman–Crippen MR) is 68.5 cm³/mol. The van der Waals surface area contributed by atoms with Crippen molar-refractivity contribution in [2.75, 3.05) is 6.61 Å². The van der Waals surface area contributed by atoms with E-state index < -0.39 is 4.92 Å². The molecule has 4 nitrogen and oxygen atoms in total. The van der Waals surface area contributed by atoms with E-state index in [0.717, 1.165) is 0 Å². The van der Waals surface area contributed by atoms with Crippen molar-refractivity contribution < 1.29 is 9.66 Å². The highest BCUT2D eigenvalue weighted by atomic mass is 16.6. The highest BCUT2D eigenvalue weighted by Gasteiger charge is 2.17. The molecular formula is C14H15NO3. The topological polar surface area (TPSA) is 52.4 Å². The third kappa shape index (κ3) is 2.80. The summed E-state index contributed by atoms with van der Waals surface area (Å²) < 4.78 is 5.68. The minimum absolute atomic E-state index is 0.00355. The Morgan fingerprint density at radius 1 is 1.44 bits per heavy atom. The van der Waals surface area contributed by atoms with Crippen LogP contribution in [0.3, 0.4) is 0 Å². The molecule has 0 radical (unpaired) electrons. The molecule has 1 saturated carbocycles. The molecule has 4 heteroatoms. The average Bonchev–Trinajstić information content (AvgIpc) is 2.89. The van der Waals surface area contributed by atoms with Crippen LogP contribution in [0.5, 0.6) is 5.75 Å². The van der Waals surface area contributed by atoms with E-state index in [4.69, 9.17) is 11.2 Å². The lowest BCUT2D eigenvalue weighted by molar-refractivity contribution is -0.384. The van der Waals surface area contributed by atoms with E-state index in [1.54, 1.807) is 6.07 Å². The molecule has 18 heavy (non-hydrogen) atoms.